The van der Waals surface area contributed by atoms with Gasteiger partial charge < -0.3 is 14.6 Å². The van der Waals surface area contributed by atoms with E-state index in [0.29, 0.717) is 30.4 Å². The van der Waals surface area contributed by atoms with Crippen molar-refractivity contribution in [2.45, 2.75) is 17.7 Å². The molecule has 7 heteroatoms. The number of nitrogens with zero attached hydrogens (tertiary/aromatic N) is 1. The number of hydrogen-bond donors (Lipinski definition) is 1. The van der Waals surface area contributed by atoms with Gasteiger partial charge in [-0.2, -0.15) is 0 Å². The summed E-state index contributed by atoms with van der Waals surface area (Å²) in [6, 6.07) is 0. The molecule has 0 spiro atoms. The highest BCUT2D eigenvalue weighted by molar-refractivity contribution is 8.01. The second kappa shape index (κ2) is 8.47. The number of carboxylic acids is 1. The molecule has 1 heterocycles. The minimum Gasteiger partial charge on any atom is -0.477 e. The topological polar surface area (TPSA) is 68.7 Å². The fourth-order valence-electron chi connectivity index (χ4n) is 1.20. The van der Waals surface area contributed by atoms with E-state index in [9.17, 15) is 4.79 Å². The smallest absolute Gasteiger partial charge is 0.347 e. The number of methoxy groups -OCH3 is 1. The van der Waals surface area contributed by atoms with Crippen molar-refractivity contribution < 1.29 is 19.4 Å². The van der Waals surface area contributed by atoms with Crippen molar-refractivity contribution in [3.05, 3.63) is 10.6 Å². The average molecular weight is 291 g/mol. The van der Waals surface area contributed by atoms with Crippen LogP contribution in [0.15, 0.2) is 4.34 Å². The molecular formula is C11H17NO4S2. The minimum absolute atomic E-state index is 0.328. The average Bonchev–Trinajstić information content (AvgIpc) is 2.69. The molecule has 0 saturated carbocycles. The zero-order chi connectivity index (χ0) is 13.4. The highest BCUT2D eigenvalue weighted by atomic mass is 32.2. The lowest BCUT2D eigenvalue weighted by Gasteiger charge is -2.02. The Balaban J connectivity index is 2.19. The molecule has 0 aliphatic heterocycles. The molecule has 1 aromatic heterocycles. The number of rotatable bonds is 9. The summed E-state index contributed by atoms with van der Waals surface area (Å²) in [7, 11) is 1.64. The van der Waals surface area contributed by atoms with E-state index in [-0.39, 0.29) is 0 Å². The normalized spacial score (nSPS) is 10.8. The van der Waals surface area contributed by atoms with Crippen LogP contribution >= 0.6 is 23.1 Å². The maximum atomic E-state index is 10.8. The highest BCUT2D eigenvalue weighted by Gasteiger charge is 2.13. The van der Waals surface area contributed by atoms with Crippen molar-refractivity contribution in [3.63, 3.8) is 0 Å². The minimum atomic E-state index is -0.903. The van der Waals surface area contributed by atoms with Crippen LogP contribution in [0.3, 0.4) is 0 Å². The Morgan fingerprint density at radius 3 is 2.83 bits per heavy atom. The van der Waals surface area contributed by atoms with Crippen LogP contribution in [0, 0.1) is 6.92 Å². The molecule has 1 aromatic rings. The Morgan fingerprint density at radius 1 is 1.44 bits per heavy atom. The number of thiazole rings is 1. The van der Waals surface area contributed by atoms with Crippen LogP contribution in [0.1, 0.15) is 21.8 Å². The van der Waals surface area contributed by atoms with Gasteiger partial charge in [0, 0.05) is 19.5 Å². The Kier molecular flexibility index (Phi) is 7.26. The maximum absolute atomic E-state index is 10.8. The zero-order valence-electron chi connectivity index (χ0n) is 10.5. The number of aromatic carboxylic acids is 1. The molecule has 0 saturated heterocycles. The zero-order valence-corrected chi connectivity index (χ0v) is 12.1. The second-order valence-corrected chi connectivity index (χ2v) is 5.85. The first-order valence-corrected chi connectivity index (χ1v) is 7.35. The van der Waals surface area contributed by atoms with Gasteiger partial charge in [0.05, 0.1) is 18.9 Å². The van der Waals surface area contributed by atoms with E-state index in [1.807, 2.05) is 0 Å². The van der Waals surface area contributed by atoms with Crippen molar-refractivity contribution in [1.82, 2.24) is 4.98 Å². The van der Waals surface area contributed by atoms with Crippen LogP contribution in [0.2, 0.25) is 0 Å². The predicted octanol–water partition coefficient (Wildman–Crippen LogP) is 2.29. The third-order valence-corrected chi connectivity index (χ3v) is 4.44. The summed E-state index contributed by atoms with van der Waals surface area (Å²) in [5.74, 6) is -0.0290. The van der Waals surface area contributed by atoms with E-state index in [2.05, 4.69) is 4.98 Å². The standard InChI is InChI=1S/C11H17NO4S2/c1-8-9(10(13)14)18-11(12-8)17-7-3-4-16-6-5-15-2/h3-7H2,1-2H3,(H,13,14). The third kappa shape index (κ3) is 5.34. The Morgan fingerprint density at radius 2 is 2.22 bits per heavy atom. The monoisotopic (exact) mass is 291 g/mol. The van der Waals surface area contributed by atoms with Crippen LogP contribution in [-0.2, 0) is 9.47 Å². The number of aryl methyl sites for hydroxylation is 1. The first kappa shape index (κ1) is 15.4. The fourth-order valence-corrected chi connectivity index (χ4v) is 3.21. The number of carboxylic acid groups (broad SMARTS) is 1. The SMILES string of the molecule is COCCOCCCSc1nc(C)c(C(=O)O)s1. The van der Waals surface area contributed by atoms with Gasteiger partial charge in [0.2, 0.25) is 0 Å². The van der Waals surface area contributed by atoms with Crippen LogP contribution in [0.5, 0.6) is 0 Å². The van der Waals surface area contributed by atoms with Crippen molar-refractivity contribution in [1.29, 1.82) is 0 Å². The summed E-state index contributed by atoms with van der Waals surface area (Å²) in [5.41, 5.74) is 0.589. The van der Waals surface area contributed by atoms with E-state index >= 15 is 0 Å². The molecule has 5 nitrogen and oxygen atoms in total. The van der Waals surface area contributed by atoms with E-state index in [4.69, 9.17) is 14.6 Å². The predicted molar refractivity (Wildman–Crippen MR) is 71.8 cm³/mol. The number of carbonyl (C=O) groups is 1. The van der Waals surface area contributed by atoms with E-state index in [1.54, 1.807) is 25.8 Å². The first-order valence-electron chi connectivity index (χ1n) is 5.55. The molecule has 18 heavy (non-hydrogen) atoms. The molecule has 1 rings (SSSR count). The molecule has 102 valence electrons. The number of thioether (sulfide) groups is 1. The molecule has 1 N–H and O–H groups in total. The third-order valence-electron chi connectivity index (χ3n) is 2.06. The van der Waals surface area contributed by atoms with Crippen molar-refractivity contribution in [2.24, 2.45) is 0 Å². The lowest BCUT2D eigenvalue weighted by Crippen LogP contribution is -2.03. The van der Waals surface area contributed by atoms with Gasteiger partial charge in [0.1, 0.15) is 4.88 Å². The maximum Gasteiger partial charge on any atom is 0.347 e. The molecule has 0 unspecified atom stereocenters. The van der Waals surface area contributed by atoms with Crippen LogP contribution in [0.4, 0.5) is 0 Å². The lowest BCUT2D eigenvalue weighted by molar-refractivity contribution is 0.0701. The van der Waals surface area contributed by atoms with Crippen molar-refractivity contribution in [3.8, 4) is 0 Å². The van der Waals surface area contributed by atoms with Gasteiger partial charge in [-0.3, -0.25) is 0 Å². The van der Waals surface area contributed by atoms with Gasteiger partial charge in [0.15, 0.2) is 4.34 Å². The van der Waals surface area contributed by atoms with Gasteiger partial charge in [-0.05, 0) is 13.3 Å². The highest BCUT2D eigenvalue weighted by Crippen LogP contribution is 2.27. The Bertz CT molecular complexity index is 381. The Hall–Kier alpha value is -0.630. The summed E-state index contributed by atoms with van der Waals surface area (Å²) >= 11 is 2.80. The van der Waals surface area contributed by atoms with Crippen molar-refractivity contribution in [2.75, 3.05) is 32.7 Å². The molecular weight excluding hydrogens is 274 g/mol. The van der Waals surface area contributed by atoms with E-state index < -0.39 is 5.97 Å². The van der Waals surface area contributed by atoms with Gasteiger partial charge in [-0.15, -0.1) is 11.3 Å². The quantitative estimate of drug-likeness (QED) is 0.556. The fraction of sp³-hybridized carbons (Fsp3) is 0.636. The second-order valence-electron chi connectivity index (χ2n) is 3.51. The molecule has 0 aliphatic carbocycles. The summed E-state index contributed by atoms with van der Waals surface area (Å²) < 4.78 is 11.0. The number of hydrogen-bond acceptors (Lipinski definition) is 6. The van der Waals surface area contributed by atoms with Gasteiger partial charge in [0.25, 0.3) is 0 Å². The summed E-state index contributed by atoms with van der Waals surface area (Å²) in [5, 5.41) is 8.90. The number of aromatic nitrogens is 1. The molecule has 0 aliphatic rings. The number of ether oxygens (including phenoxy) is 2. The van der Waals surface area contributed by atoms with Gasteiger partial charge in [-0.25, -0.2) is 9.78 Å². The van der Waals surface area contributed by atoms with Gasteiger partial charge >= 0.3 is 5.97 Å². The summed E-state index contributed by atoms with van der Waals surface area (Å²) in [6.45, 7) is 3.63. The molecule has 0 fully saturated rings. The molecule has 0 aromatic carbocycles. The summed E-state index contributed by atoms with van der Waals surface area (Å²) in [4.78, 5) is 15.4. The van der Waals surface area contributed by atoms with E-state index in [1.165, 1.54) is 11.3 Å². The lowest BCUT2D eigenvalue weighted by atomic mass is 10.4. The molecule has 0 radical (unpaired) electrons. The van der Waals surface area contributed by atoms with E-state index in [0.717, 1.165) is 16.5 Å². The molecule has 0 amide bonds. The Labute approximate surface area is 115 Å². The molecule has 0 atom stereocenters. The molecule has 0 bridgehead atoms. The largest absolute Gasteiger partial charge is 0.477 e. The van der Waals surface area contributed by atoms with Gasteiger partial charge in [-0.1, -0.05) is 11.8 Å². The first-order chi connectivity index (χ1) is 8.65. The van der Waals surface area contributed by atoms with Crippen LogP contribution in [0.25, 0.3) is 0 Å². The van der Waals surface area contributed by atoms with Crippen LogP contribution in [-0.4, -0.2) is 48.7 Å². The summed E-state index contributed by atoms with van der Waals surface area (Å²) in [6.07, 6.45) is 0.912. The van der Waals surface area contributed by atoms with Crippen LogP contribution < -0.4 is 0 Å². The van der Waals surface area contributed by atoms with Crippen molar-refractivity contribution >= 4 is 29.1 Å².